The highest BCUT2D eigenvalue weighted by Crippen LogP contribution is 2.26. The normalized spacial score (nSPS) is 10.7. The number of rotatable bonds is 9. The summed E-state index contributed by atoms with van der Waals surface area (Å²) in [5, 5.41) is 7.64. The van der Waals surface area contributed by atoms with Crippen molar-refractivity contribution in [2.75, 3.05) is 10.6 Å². The Morgan fingerprint density at radius 3 is 2.45 bits per heavy atom. The van der Waals surface area contributed by atoms with Gasteiger partial charge in [-0.3, -0.25) is 4.79 Å². The van der Waals surface area contributed by atoms with E-state index in [1.54, 1.807) is 0 Å². The van der Waals surface area contributed by atoms with Gasteiger partial charge in [-0.25, -0.2) is 0 Å². The van der Waals surface area contributed by atoms with Crippen LogP contribution in [0.3, 0.4) is 0 Å². The molecule has 31 heavy (non-hydrogen) atoms. The molecule has 2 N–H and O–H groups in total. The van der Waals surface area contributed by atoms with Crippen molar-refractivity contribution in [1.82, 2.24) is 0 Å². The predicted molar refractivity (Wildman–Crippen MR) is 129 cm³/mol. The van der Waals surface area contributed by atoms with Crippen molar-refractivity contribution >= 4 is 40.5 Å². The van der Waals surface area contributed by atoms with Crippen molar-refractivity contribution in [1.29, 1.82) is 0 Å². The van der Waals surface area contributed by atoms with Crippen LogP contribution in [0.25, 0.3) is 0 Å². The van der Waals surface area contributed by atoms with Crippen LogP contribution in [0.5, 0.6) is 5.75 Å². The van der Waals surface area contributed by atoms with E-state index < -0.39 is 0 Å². The van der Waals surface area contributed by atoms with Gasteiger partial charge in [-0.15, -0.1) is 0 Å². The Labute approximate surface area is 193 Å². The van der Waals surface area contributed by atoms with E-state index in [0.717, 1.165) is 28.3 Å². The molecule has 0 spiro atoms. The number of carbonyl (C=O) groups excluding carboxylic acids is 1. The highest BCUT2D eigenvalue weighted by molar-refractivity contribution is 6.30. The molecule has 0 saturated carbocycles. The van der Waals surface area contributed by atoms with E-state index in [1.165, 1.54) is 0 Å². The van der Waals surface area contributed by atoms with Crippen molar-refractivity contribution in [3.05, 3.63) is 87.9 Å². The standard InChI is InChI=1S/C25H26Cl2N2O2/c1-17(2)11-25(30)29-23-8-4-7-22(14-23)28-15-19-13-21(27)9-10-24(19)31-16-18-5-3-6-20(26)12-18/h3-10,12-14,17,28H,11,15-16H2,1-2H3,(H,29,30). The fourth-order valence-corrected chi connectivity index (χ4v) is 3.51. The maximum Gasteiger partial charge on any atom is 0.224 e. The van der Waals surface area contributed by atoms with Crippen LogP contribution in [0.1, 0.15) is 31.4 Å². The van der Waals surface area contributed by atoms with Crippen molar-refractivity contribution in [3.63, 3.8) is 0 Å². The quantitative estimate of drug-likeness (QED) is 0.358. The molecule has 0 radical (unpaired) electrons. The summed E-state index contributed by atoms with van der Waals surface area (Å²) in [6, 6.07) is 20.8. The molecule has 0 saturated heterocycles. The summed E-state index contributed by atoms with van der Waals surface area (Å²) < 4.78 is 6.02. The van der Waals surface area contributed by atoms with Crippen LogP contribution in [-0.2, 0) is 17.9 Å². The van der Waals surface area contributed by atoms with Crippen LogP contribution in [0.2, 0.25) is 10.0 Å². The predicted octanol–water partition coefficient (Wildman–Crippen LogP) is 7.17. The summed E-state index contributed by atoms with van der Waals surface area (Å²) in [5.74, 6) is 1.08. The lowest BCUT2D eigenvalue weighted by atomic mass is 10.1. The molecule has 162 valence electrons. The molecule has 0 aliphatic heterocycles. The van der Waals surface area contributed by atoms with E-state index in [9.17, 15) is 4.79 Å². The molecule has 0 heterocycles. The first-order chi connectivity index (χ1) is 14.9. The van der Waals surface area contributed by atoms with Gasteiger partial charge in [-0.1, -0.05) is 55.2 Å². The Balaban J connectivity index is 1.65. The zero-order valence-corrected chi connectivity index (χ0v) is 19.1. The van der Waals surface area contributed by atoms with Gasteiger partial charge in [-0.2, -0.15) is 0 Å². The van der Waals surface area contributed by atoms with Gasteiger partial charge in [0.05, 0.1) is 0 Å². The van der Waals surface area contributed by atoms with E-state index in [1.807, 2.05) is 80.6 Å². The first kappa shape index (κ1) is 23.0. The van der Waals surface area contributed by atoms with Gasteiger partial charge in [0.15, 0.2) is 0 Å². The van der Waals surface area contributed by atoms with Crippen molar-refractivity contribution in [3.8, 4) is 5.75 Å². The third kappa shape index (κ3) is 7.50. The minimum Gasteiger partial charge on any atom is -0.489 e. The molecule has 0 aromatic heterocycles. The number of anilines is 2. The number of hydrogen-bond acceptors (Lipinski definition) is 3. The number of nitrogens with one attached hydrogen (secondary N) is 2. The van der Waals surface area contributed by atoms with E-state index >= 15 is 0 Å². The van der Waals surface area contributed by atoms with E-state index in [0.29, 0.717) is 35.5 Å². The van der Waals surface area contributed by atoms with Gasteiger partial charge in [0, 0.05) is 39.9 Å². The number of hydrogen-bond donors (Lipinski definition) is 2. The van der Waals surface area contributed by atoms with E-state index in [4.69, 9.17) is 27.9 Å². The molecular formula is C25H26Cl2N2O2. The molecule has 6 heteroatoms. The monoisotopic (exact) mass is 456 g/mol. The zero-order valence-electron chi connectivity index (χ0n) is 17.6. The lowest BCUT2D eigenvalue weighted by Gasteiger charge is -2.14. The molecule has 0 aliphatic rings. The summed E-state index contributed by atoms with van der Waals surface area (Å²) in [6.45, 7) is 4.98. The Hall–Kier alpha value is -2.69. The Morgan fingerprint density at radius 2 is 1.68 bits per heavy atom. The average molecular weight is 457 g/mol. The van der Waals surface area contributed by atoms with Crippen LogP contribution >= 0.6 is 23.2 Å². The molecule has 1 amide bonds. The SMILES string of the molecule is CC(C)CC(=O)Nc1cccc(NCc2cc(Cl)ccc2OCc2cccc(Cl)c2)c1. The van der Waals surface area contributed by atoms with Gasteiger partial charge in [0.2, 0.25) is 5.91 Å². The lowest BCUT2D eigenvalue weighted by molar-refractivity contribution is -0.116. The van der Waals surface area contributed by atoms with Crippen LogP contribution < -0.4 is 15.4 Å². The van der Waals surface area contributed by atoms with Gasteiger partial charge in [0.25, 0.3) is 0 Å². The molecule has 3 rings (SSSR count). The fraction of sp³-hybridized carbons (Fsp3) is 0.240. The summed E-state index contributed by atoms with van der Waals surface area (Å²) in [4.78, 5) is 12.0. The highest BCUT2D eigenvalue weighted by atomic mass is 35.5. The summed E-state index contributed by atoms with van der Waals surface area (Å²) in [6.07, 6.45) is 0.494. The van der Waals surface area contributed by atoms with Crippen LogP contribution in [-0.4, -0.2) is 5.91 Å². The molecule has 0 unspecified atom stereocenters. The maximum absolute atomic E-state index is 12.0. The summed E-state index contributed by atoms with van der Waals surface area (Å²) in [5.41, 5.74) is 3.58. The summed E-state index contributed by atoms with van der Waals surface area (Å²) in [7, 11) is 0. The van der Waals surface area contributed by atoms with Gasteiger partial charge in [0.1, 0.15) is 12.4 Å². The van der Waals surface area contributed by atoms with Crippen molar-refractivity contribution < 1.29 is 9.53 Å². The number of amides is 1. The van der Waals surface area contributed by atoms with Crippen molar-refractivity contribution in [2.45, 2.75) is 33.4 Å². The first-order valence-electron chi connectivity index (χ1n) is 10.2. The van der Waals surface area contributed by atoms with Crippen LogP contribution in [0, 0.1) is 5.92 Å². The third-order valence-electron chi connectivity index (χ3n) is 4.53. The van der Waals surface area contributed by atoms with Gasteiger partial charge >= 0.3 is 0 Å². The first-order valence-corrected chi connectivity index (χ1v) is 10.9. The second-order valence-corrected chi connectivity index (χ2v) is 8.62. The number of carbonyl (C=O) groups is 1. The van der Waals surface area contributed by atoms with Crippen LogP contribution in [0.4, 0.5) is 11.4 Å². The second-order valence-electron chi connectivity index (χ2n) is 7.75. The fourth-order valence-electron chi connectivity index (χ4n) is 3.10. The van der Waals surface area contributed by atoms with Crippen LogP contribution in [0.15, 0.2) is 66.7 Å². The second kappa shape index (κ2) is 11.1. The number of benzene rings is 3. The molecule has 0 bridgehead atoms. The largest absolute Gasteiger partial charge is 0.489 e. The minimum atomic E-state index is 0.0127. The Morgan fingerprint density at radius 1 is 0.935 bits per heavy atom. The van der Waals surface area contributed by atoms with Gasteiger partial charge in [-0.05, 0) is 60.0 Å². The van der Waals surface area contributed by atoms with Gasteiger partial charge < -0.3 is 15.4 Å². The molecule has 0 aliphatic carbocycles. The minimum absolute atomic E-state index is 0.0127. The average Bonchev–Trinajstić information content (AvgIpc) is 2.71. The maximum atomic E-state index is 12.0. The topological polar surface area (TPSA) is 50.4 Å². The number of ether oxygens (including phenoxy) is 1. The Kier molecular flexibility index (Phi) is 8.21. The highest BCUT2D eigenvalue weighted by Gasteiger charge is 2.08. The summed E-state index contributed by atoms with van der Waals surface area (Å²) >= 11 is 12.3. The third-order valence-corrected chi connectivity index (χ3v) is 5.00. The Bertz CT molecular complexity index is 1040. The molecular weight excluding hydrogens is 431 g/mol. The van der Waals surface area contributed by atoms with E-state index in [2.05, 4.69) is 10.6 Å². The zero-order chi connectivity index (χ0) is 22.2. The lowest BCUT2D eigenvalue weighted by Crippen LogP contribution is -2.14. The molecule has 0 atom stereocenters. The smallest absolute Gasteiger partial charge is 0.224 e. The molecule has 3 aromatic carbocycles. The number of halogens is 2. The van der Waals surface area contributed by atoms with E-state index in [-0.39, 0.29) is 5.91 Å². The van der Waals surface area contributed by atoms with Crippen molar-refractivity contribution in [2.24, 2.45) is 5.92 Å². The molecule has 4 nitrogen and oxygen atoms in total. The molecule has 3 aromatic rings. The molecule has 0 fully saturated rings.